The van der Waals surface area contributed by atoms with Gasteiger partial charge in [0, 0.05) is 0 Å². The number of hydrogen-bond acceptors (Lipinski definition) is 6. The van der Waals surface area contributed by atoms with Crippen molar-refractivity contribution in [2.24, 2.45) is 0 Å². The third-order valence-electron chi connectivity index (χ3n) is 9.71. The molecule has 0 bridgehead atoms. The van der Waals surface area contributed by atoms with E-state index in [1.54, 1.807) is 36.4 Å². The van der Waals surface area contributed by atoms with Crippen LogP contribution in [0.1, 0.15) is 182 Å². The molecule has 0 amide bonds. The third-order valence-corrected chi connectivity index (χ3v) is 9.71. The lowest BCUT2D eigenvalue weighted by atomic mass is 10.0. The van der Waals surface area contributed by atoms with E-state index in [-0.39, 0.29) is 0 Å². The van der Waals surface area contributed by atoms with Crippen molar-refractivity contribution in [3.63, 3.8) is 0 Å². The van der Waals surface area contributed by atoms with E-state index >= 15 is 0 Å². The first-order valence-electron chi connectivity index (χ1n) is 21.1. The van der Waals surface area contributed by atoms with Crippen molar-refractivity contribution in [3.05, 3.63) is 83.4 Å². The van der Waals surface area contributed by atoms with E-state index in [4.69, 9.17) is 18.9 Å². The first kappa shape index (κ1) is 43.6. The van der Waals surface area contributed by atoms with Crippen LogP contribution in [0.2, 0.25) is 0 Å². The Morgan fingerprint density at radius 3 is 1.25 bits per heavy atom. The van der Waals surface area contributed by atoms with Crippen molar-refractivity contribution in [3.8, 4) is 23.0 Å². The number of carbonyl (C=O) groups is 2. The lowest BCUT2D eigenvalue weighted by Crippen LogP contribution is -2.11. The summed E-state index contributed by atoms with van der Waals surface area (Å²) in [5.41, 5.74) is 1.76. The van der Waals surface area contributed by atoms with E-state index < -0.39 is 11.9 Å². The second-order valence-electron chi connectivity index (χ2n) is 14.4. The lowest BCUT2D eigenvalue weighted by Gasteiger charge is -2.13. The van der Waals surface area contributed by atoms with E-state index in [1.807, 2.05) is 30.3 Å². The van der Waals surface area contributed by atoms with Gasteiger partial charge in [-0.15, -0.1) is 0 Å². The van der Waals surface area contributed by atoms with Crippen LogP contribution in [0.4, 0.5) is 0 Å². The maximum Gasteiger partial charge on any atom is 0.343 e. The molecule has 0 atom stereocenters. The molecular weight excluding hydrogens is 661 g/mol. The summed E-state index contributed by atoms with van der Waals surface area (Å²) in [5.74, 6) is 1.55. The summed E-state index contributed by atoms with van der Waals surface area (Å²) in [7, 11) is 0. The molecule has 3 aromatic rings. The summed E-state index contributed by atoms with van der Waals surface area (Å²) in [6, 6.07) is 19.5. The molecule has 0 aliphatic heterocycles. The average Bonchev–Trinajstić information content (AvgIpc) is 3.18. The molecule has 6 nitrogen and oxygen atoms in total. The highest BCUT2D eigenvalue weighted by Crippen LogP contribution is 2.28. The van der Waals surface area contributed by atoms with Gasteiger partial charge in [-0.05, 0) is 98.0 Å². The molecule has 0 heterocycles. The predicted octanol–water partition coefficient (Wildman–Crippen LogP) is 13.7. The molecule has 0 N–H and O–H groups in total. The molecule has 0 fully saturated rings. The van der Waals surface area contributed by atoms with Crippen LogP contribution < -0.4 is 18.9 Å². The first-order valence-corrected chi connectivity index (χ1v) is 21.1. The van der Waals surface area contributed by atoms with Gasteiger partial charge in [0.15, 0.2) is 0 Å². The minimum Gasteiger partial charge on any atom is -0.494 e. The van der Waals surface area contributed by atoms with E-state index in [1.165, 1.54) is 109 Å². The van der Waals surface area contributed by atoms with Gasteiger partial charge in [0.2, 0.25) is 0 Å². The molecular formula is C47H68O6. The van der Waals surface area contributed by atoms with Crippen LogP contribution in [-0.4, -0.2) is 25.2 Å². The highest BCUT2D eigenvalue weighted by atomic mass is 16.5. The van der Waals surface area contributed by atoms with E-state index in [9.17, 15) is 9.59 Å². The Morgan fingerprint density at radius 2 is 0.792 bits per heavy atom. The second kappa shape index (κ2) is 27.8. The van der Waals surface area contributed by atoms with Crippen molar-refractivity contribution in [1.29, 1.82) is 0 Å². The zero-order chi connectivity index (χ0) is 37.8. The van der Waals surface area contributed by atoms with Crippen LogP contribution in [0.3, 0.4) is 0 Å². The van der Waals surface area contributed by atoms with Crippen molar-refractivity contribution < 1.29 is 28.5 Å². The fourth-order valence-electron chi connectivity index (χ4n) is 6.38. The van der Waals surface area contributed by atoms with Crippen molar-refractivity contribution in [2.75, 3.05) is 13.2 Å². The minimum atomic E-state index is -0.440. The van der Waals surface area contributed by atoms with Crippen LogP contribution in [-0.2, 0) is 6.42 Å². The van der Waals surface area contributed by atoms with Gasteiger partial charge in [0.1, 0.15) is 23.0 Å². The number of unbranched alkanes of at least 4 members (excludes halogenated alkanes) is 18. The zero-order valence-electron chi connectivity index (χ0n) is 33.3. The SMILES string of the molecule is CCCCCCCCCCCc1cc(OC(=O)c2ccc(OCCCCCCCC)cc2)ccc1OC(=O)c1ccc(OCCCCCCCC)cc1. The van der Waals surface area contributed by atoms with Gasteiger partial charge >= 0.3 is 11.9 Å². The molecule has 3 aromatic carbocycles. The summed E-state index contributed by atoms with van der Waals surface area (Å²) < 4.78 is 23.5. The number of ether oxygens (including phenoxy) is 4. The van der Waals surface area contributed by atoms with Crippen LogP contribution in [0.5, 0.6) is 23.0 Å². The fraction of sp³-hybridized carbons (Fsp3) is 0.574. The molecule has 53 heavy (non-hydrogen) atoms. The Hall–Kier alpha value is -3.80. The lowest BCUT2D eigenvalue weighted by molar-refractivity contribution is 0.0718. The number of esters is 2. The monoisotopic (exact) mass is 729 g/mol. The summed E-state index contributed by atoms with van der Waals surface area (Å²) in [4.78, 5) is 26.3. The maximum absolute atomic E-state index is 13.2. The molecule has 6 heteroatoms. The van der Waals surface area contributed by atoms with E-state index in [2.05, 4.69) is 20.8 Å². The van der Waals surface area contributed by atoms with Crippen LogP contribution in [0.15, 0.2) is 66.7 Å². The second-order valence-corrected chi connectivity index (χ2v) is 14.4. The molecule has 0 unspecified atom stereocenters. The van der Waals surface area contributed by atoms with Crippen molar-refractivity contribution >= 4 is 11.9 Å². The number of carbonyl (C=O) groups excluding carboxylic acids is 2. The number of benzene rings is 3. The Kier molecular flexibility index (Phi) is 22.8. The smallest absolute Gasteiger partial charge is 0.343 e. The highest BCUT2D eigenvalue weighted by Gasteiger charge is 2.16. The van der Waals surface area contributed by atoms with Crippen molar-refractivity contribution in [1.82, 2.24) is 0 Å². The summed E-state index contributed by atoms with van der Waals surface area (Å²) >= 11 is 0. The zero-order valence-corrected chi connectivity index (χ0v) is 33.3. The Bertz CT molecular complexity index is 1400. The first-order chi connectivity index (χ1) is 26.0. The predicted molar refractivity (Wildman–Crippen MR) is 218 cm³/mol. The third kappa shape index (κ3) is 18.7. The Morgan fingerprint density at radius 1 is 0.415 bits per heavy atom. The standard InChI is InChI=1S/C47H68O6/c1-4-7-10-13-16-17-18-19-22-25-41-38-44(52-46(48)39-26-30-42(31-27-39)50-36-23-20-14-11-8-5-2)34-35-45(41)53-47(49)40-28-32-43(33-29-40)51-37-24-21-15-12-9-6-3/h26-35,38H,4-25,36-37H2,1-3H3. The van der Waals surface area contributed by atoms with Gasteiger partial charge in [-0.25, -0.2) is 9.59 Å². The van der Waals surface area contributed by atoms with Gasteiger partial charge in [-0.3, -0.25) is 0 Å². The van der Waals surface area contributed by atoms with Crippen molar-refractivity contribution in [2.45, 2.75) is 162 Å². The molecule has 292 valence electrons. The van der Waals surface area contributed by atoms with Gasteiger partial charge in [0.25, 0.3) is 0 Å². The average molecular weight is 729 g/mol. The number of hydrogen-bond donors (Lipinski definition) is 0. The summed E-state index contributed by atoms with van der Waals surface area (Å²) in [6.07, 6.45) is 26.2. The molecule has 0 saturated carbocycles. The van der Waals surface area contributed by atoms with Crippen LogP contribution in [0.25, 0.3) is 0 Å². The maximum atomic E-state index is 13.2. The quantitative estimate of drug-likeness (QED) is 0.0387. The molecule has 0 aromatic heterocycles. The topological polar surface area (TPSA) is 71.1 Å². The minimum absolute atomic E-state index is 0.427. The summed E-state index contributed by atoms with van der Waals surface area (Å²) in [6.45, 7) is 8.05. The molecule has 0 saturated heterocycles. The highest BCUT2D eigenvalue weighted by molar-refractivity contribution is 5.92. The molecule has 3 rings (SSSR count). The van der Waals surface area contributed by atoms with E-state index in [0.29, 0.717) is 35.8 Å². The molecule has 0 radical (unpaired) electrons. The van der Waals surface area contributed by atoms with Gasteiger partial charge in [-0.2, -0.15) is 0 Å². The van der Waals surface area contributed by atoms with Gasteiger partial charge in [-0.1, -0.05) is 136 Å². The Balaban J connectivity index is 1.56. The van der Waals surface area contributed by atoms with Gasteiger partial charge in [0.05, 0.1) is 24.3 Å². The normalized spacial score (nSPS) is 11.0. The molecule has 0 aliphatic rings. The van der Waals surface area contributed by atoms with E-state index in [0.717, 1.165) is 49.2 Å². The van der Waals surface area contributed by atoms with Gasteiger partial charge < -0.3 is 18.9 Å². The Labute approximate surface area is 321 Å². The summed E-state index contributed by atoms with van der Waals surface area (Å²) in [5, 5.41) is 0. The number of rotatable bonds is 30. The number of aryl methyl sites for hydroxylation is 1. The largest absolute Gasteiger partial charge is 0.494 e. The fourth-order valence-corrected chi connectivity index (χ4v) is 6.38. The van der Waals surface area contributed by atoms with Crippen LogP contribution in [0, 0.1) is 0 Å². The molecule has 0 spiro atoms. The molecule has 0 aliphatic carbocycles. The van der Waals surface area contributed by atoms with Crippen LogP contribution >= 0.6 is 0 Å².